The summed E-state index contributed by atoms with van der Waals surface area (Å²) in [6, 6.07) is 0. The lowest BCUT2D eigenvalue weighted by atomic mass is 10.1. The molecule has 2 heterocycles. The first-order chi connectivity index (χ1) is 6.27. The van der Waals surface area contributed by atoms with Crippen LogP contribution in [0.15, 0.2) is 6.20 Å². The molecule has 0 spiro atoms. The lowest BCUT2D eigenvalue weighted by Crippen LogP contribution is -2.10. The van der Waals surface area contributed by atoms with Crippen molar-refractivity contribution in [1.29, 1.82) is 0 Å². The molecule has 1 atom stereocenters. The van der Waals surface area contributed by atoms with Crippen molar-refractivity contribution in [3.05, 3.63) is 11.3 Å². The van der Waals surface area contributed by atoms with Gasteiger partial charge in [-0.25, -0.2) is 0 Å². The van der Waals surface area contributed by atoms with Crippen molar-refractivity contribution in [2.75, 3.05) is 11.5 Å². The molecule has 0 aromatic carbocycles. The zero-order valence-electron chi connectivity index (χ0n) is 7.11. The van der Waals surface area contributed by atoms with E-state index < -0.39 is 0 Å². The number of thioether (sulfide) groups is 1. The zero-order chi connectivity index (χ0) is 9.26. The van der Waals surface area contributed by atoms with Gasteiger partial charge in [-0.15, -0.1) is 0 Å². The SMILES string of the molecule is Oc1cnn(CC2CCSC2)c1Cl. The van der Waals surface area contributed by atoms with E-state index in [0.29, 0.717) is 11.1 Å². The normalized spacial score (nSPS) is 22.4. The van der Waals surface area contributed by atoms with Gasteiger partial charge >= 0.3 is 0 Å². The van der Waals surface area contributed by atoms with E-state index in [1.807, 2.05) is 11.8 Å². The Kier molecular flexibility index (Phi) is 2.69. The summed E-state index contributed by atoms with van der Waals surface area (Å²) in [6.45, 7) is 0.826. The maximum Gasteiger partial charge on any atom is 0.172 e. The third-order valence-corrected chi connectivity index (χ3v) is 3.83. The first-order valence-electron chi connectivity index (χ1n) is 4.25. The Morgan fingerprint density at radius 3 is 3.15 bits per heavy atom. The second kappa shape index (κ2) is 3.80. The van der Waals surface area contributed by atoms with Crippen molar-refractivity contribution in [2.45, 2.75) is 13.0 Å². The molecule has 1 saturated heterocycles. The van der Waals surface area contributed by atoms with Gasteiger partial charge in [0.1, 0.15) is 0 Å². The molecule has 2 rings (SSSR count). The van der Waals surface area contributed by atoms with Gasteiger partial charge in [0.25, 0.3) is 0 Å². The van der Waals surface area contributed by atoms with Crippen LogP contribution in [-0.4, -0.2) is 26.4 Å². The highest BCUT2D eigenvalue weighted by atomic mass is 35.5. The van der Waals surface area contributed by atoms with Crippen LogP contribution in [0.25, 0.3) is 0 Å². The Bertz CT molecular complexity index is 296. The highest BCUT2D eigenvalue weighted by Gasteiger charge is 2.18. The molecule has 13 heavy (non-hydrogen) atoms. The molecule has 5 heteroatoms. The van der Waals surface area contributed by atoms with Crippen molar-refractivity contribution >= 4 is 23.4 Å². The van der Waals surface area contributed by atoms with Gasteiger partial charge in [-0.2, -0.15) is 16.9 Å². The van der Waals surface area contributed by atoms with Crippen LogP contribution in [0.5, 0.6) is 5.75 Å². The number of aromatic nitrogens is 2. The standard InChI is InChI=1S/C8H11ClN2OS/c9-8-7(12)3-10-11(8)4-6-1-2-13-5-6/h3,6,12H,1-2,4-5H2. The summed E-state index contributed by atoms with van der Waals surface area (Å²) in [5, 5.41) is 13.6. The fraction of sp³-hybridized carbons (Fsp3) is 0.625. The van der Waals surface area contributed by atoms with Crippen molar-refractivity contribution < 1.29 is 5.11 Å². The van der Waals surface area contributed by atoms with E-state index in [0.717, 1.165) is 6.54 Å². The minimum atomic E-state index is 0.0762. The largest absolute Gasteiger partial charge is 0.504 e. The summed E-state index contributed by atoms with van der Waals surface area (Å²) >= 11 is 7.80. The monoisotopic (exact) mass is 218 g/mol. The molecule has 1 N–H and O–H groups in total. The number of rotatable bonds is 2. The number of nitrogens with zero attached hydrogens (tertiary/aromatic N) is 2. The topological polar surface area (TPSA) is 38.1 Å². The van der Waals surface area contributed by atoms with Gasteiger partial charge in [-0.05, 0) is 23.8 Å². The molecule has 1 unspecified atom stereocenters. The molecule has 0 saturated carbocycles. The van der Waals surface area contributed by atoms with Crippen LogP contribution in [0.4, 0.5) is 0 Å². The molecular weight excluding hydrogens is 208 g/mol. The quantitative estimate of drug-likeness (QED) is 0.825. The van der Waals surface area contributed by atoms with Crippen molar-refractivity contribution in [1.82, 2.24) is 9.78 Å². The summed E-state index contributed by atoms with van der Waals surface area (Å²) in [4.78, 5) is 0. The van der Waals surface area contributed by atoms with Crippen LogP contribution in [0.1, 0.15) is 6.42 Å². The highest BCUT2D eigenvalue weighted by molar-refractivity contribution is 7.99. The van der Waals surface area contributed by atoms with Crippen LogP contribution in [0, 0.1) is 5.92 Å². The zero-order valence-corrected chi connectivity index (χ0v) is 8.68. The molecule has 72 valence electrons. The maximum absolute atomic E-state index is 9.19. The molecule has 1 aromatic rings. The van der Waals surface area contributed by atoms with Crippen molar-refractivity contribution in [3.8, 4) is 5.75 Å². The molecule has 1 aliphatic rings. The van der Waals surface area contributed by atoms with E-state index in [-0.39, 0.29) is 5.75 Å². The smallest absolute Gasteiger partial charge is 0.172 e. The highest BCUT2D eigenvalue weighted by Crippen LogP contribution is 2.28. The van der Waals surface area contributed by atoms with Crippen LogP contribution < -0.4 is 0 Å². The summed E-state index contributed by atoms with van der Waals surface area (Å²) < 4.78 is 1.67. The Morgan fingerprint density at radius 1 is 1.77 bits per heavy atom. The third-order valence-electron chi connectivity index (χ3n) is 2.21. The second-order valence-corrected chi connectivity index (χ2v) is 4.74. The molecule has 3 nitrogen and oxygen atoms in total. The Labute approximate surface area is 86.1 Å². The van der Waals surface area contributed by atoms with E-state index >= 15 is 0 Å². The molecule has 0 aliphatic carbocycles. The summed E-state index contributed by atoms with van der Waals surface area (Å²) in [7, 11) is 0. The van der Waals surface area contributed by atoms with Gasteiger partial charge in [0, 0.05) is 6.54 Å². The van der Waals surface area contributed by atoms with Gasteiger partial charge in [0.15, 0.2) is 10.9 Å². The van der Waals surface area contributed by atoms with Crippen LogP contribution in [0.3, 0.4) is 0 Å². The third kappa shape index (κ3) is 1.94. The minimum Gasteiger partial charge on any atom is -0.504 e. The number of hydrogen-bond acceptors (Lipinski definition) is 3. The number of aromatic hydroxyl groups is 1. The second-order valence-electron chi connectivity index (χ2n) is 3.23. The first kappa shape index (κ1) is 9.21. The van der Waals surface area contributed by atoms with Crippen LogP contribution >= 0.6 is 23.4 Å². The van der Waals surface area contributed by atoms with E-state index in [2.05, 4.69) is 5.10 Å². The first-order valence-corrected chi connectivity index (χ1v) is 5.78. The maximum atomic E-state index is 9.19. The summed E-state index contributed by atoms with van der Waals surface area (Å²) in [6.07, 6.45) is 2.62. The molecular formula is C8H11ClN2OS. The van der Waals surface area contributed by atoms with E-state index in [9.17, 15) is 5.11 Å². The predicted molar refractivity (Wildman–Crippen MR) is 54.3 cm³/mol. The fourth-order valence-corrected chi connectivity index (χ4v) is 2.89. The fourth-order valence-electron chi connectivity index (χ4n) is 1.46. The summed E-state index contributed by atoms with van der Waals surface area (Å²) in [5.74, 6) is 3.14. The number of halogens is 1. The molecule has 0 amide bonds. The predicted octanol–water partition coefficient (Wildman–Crippen LogP) is 2.00. The van der Waals surface area contributed by atoms with Crippen molar-refractivity contribution in [2.24, 2.45) is 5.92 Å². The molecule has 0 bridgehead atoms. The molecule has 0 radical (unpaired) electrons. The Morgan fingerprint density at radius 2 is 2.62 bits per heavy atom. The van der Waals surface area contributed by atoms with Crippen molar-refractivity contribution in [3.63, 3.8) is 0 Å². The Hall–Kier alpha value is -0.350. The molecule has 1 aromatic heterocycles. The Balaban J connectivity index is 2.04. The van der Waals surface area contributed by atoms with Crippen LogP contribution in [0.2, 0.25) is 5.15 Å². The van der Waals surface area contributed by atoms with Gasteiger partial charge in [-0.3, -0.25) is 4.68 Å². The lowest BCUT2D eigenvalue weighted by Gasteiger charge is -2.08. The molecule has 1 fully saturated rings. The average Bonchev–Trinajstić information content (AvgIpc) is 2.71. The van der Waals surface area contributed by atoms with Gasteiger partial charge in [0.05, 0.1) is 6.20 Å². The van der Waals surface area contributed by atoms with E-state index in [4.69, 9.17) is 11.6 Å². The average molecular weight is 219 g/mol. The van der Waals surface area contributed by atoms with E-state index in [1.165, 1.54) is 24.1 Å². The van der Waals surface area contributed by atoms with Crippen LogP contribution in [-0.2, 0) is 6.54 Å². The molecule has 1 aliphatic heterocycles. The lowest BCUT2D eigenvalue weighted by molar-refractivity contribution is 0.451. The summed E-state index contributed by atoms with van der Waals surface area (Å²) in [5.41, 5.74) is 0. The minimum absolute atomic E-state index is 0.0762. The van der Waals surface area contributed by atoms with Gasteiger partial charge in [-0.1, -0.05) is 11.6 Å². The number of hydrogen-bond donors (Lipinski definition) is 1. The van der Waals surface area contributed by atoms with Gasteiger partial charge in [0.2, 0.25) is 0 Å². The van der Waals surface area contributed by atoms with Gasteiger partial charge < -0.3 is 5.11 Å². The van der Waals surface area contributed by atoms with E-state index in [1.54, 1.807) is 4.68 Å².